The lowest BCUT2D eigenvalue weighted by atomic mass is 10.2. The predicted molar refractivity (Wildman–Crippen MR) is 101 cm³/mol. The molecule has 0 fully saturated rings. The monoisotopic (exact) mass is 331 g/mol. The van der Waals surface area contributed by atoms with E-state index in [1.165, 1.54) is 5.56 Å². The molecule has 0 saturated carbocycles. The van der Waals surface area contributed by atoms with Gasteiger partial charge in [-0.05, 0) is 36.8 Å². The fourth-order valence-electron chi connectivity index (χ4n) is 2.52. The highest BCUT2D eigenvalue weighted by Gasteiger charge is 2.13. The van der Waals surface area contributed by atoms with Crippen molar-refractivity contribution in [2.45, 2.75) is 13.5 Å². The van der Waals surface area contributed by atoms with Gasteiger partial charge in [0.15, 0.2) is 0 Å². The summed E-state index contributed by atoms with van der Waals surface area (Å²) < 4.78 is 0. The van der Waals surface area contributed by atoms with Crippen molar-refractivity contribution in [2.75, 3.05) is 12.4 Å². The van der Waals surface area contributed by atoms with Crippen LogP contribution in [0.2, 0.25) is 0 Å². The van der Waals surface area contributed by atoms with E-state index in [4.69, 9.17) is 0 Å². The van der Waals surface area contributed by atoms with Gasteiger partial charge in [-0.1, -0.05) is 48.0 Å². The van der Waals surface area contributed by atoms with Gasteiger partial charge in [-0.2, -0.15) is 0 Å². The summed E-state index contributed by atoms with van der Waals surface area (Å²) in [7, 11) is 1.79. The van der Waals surface area contributed by atoms with Gasteiger partial charge in [0.1, 0.15) is 5.69 Å². The first-order valence-corrected chi connectivity index (χ1v) is 8.21. The Kier molecular flexibility index (Phi) is 5.09. The van der Waals surface area contributed by atoms with Crippen LogP contribution in [0.5, 0.6) is 0 Å². The van der Waals surface area contributed by atoms with Gasteiger partial charge in [0.05, 0.1) is 11.9 Å². The van der Waals surface area contributed by atoms with Gasteiger partial charge in [-0.15, -0.1) is 0 Å². The second-order valence-electron chi connectivity index (χ2n) is 6.07. The third kappa shape index (κ3) is 4.44. The van der Waals surface area contributed by atoms with Crippen molar-refractivity contribution in [1.29, 1.82) is 0 Å². The molecular weight excluding hydrogens is 310 g/mol. The second-order valence-corrected chi connectivity index (χ2v) is 6.07. The molecule has 0 aliphatic rings. The van der Waals surface area contributed by atoms with E-state index in [1.807, 2.05) is 60.7 Å². The Morgan fingerprint density at radius 1 is 0.960 bits per heavy atom. The molecule has 0 aliphatic carbocycles. The van der Waals surface area contributed by atoms with Crippen LogP contribution < -0.4 is 5.32 Å². The third-order valence-corrected chi connectivity index (χ3v) is 3.93. The van der Waals surface area contributed by atoms with Gasteiger partial charge in [0, 0.05) is 19.3 Å². The number of pyridine rings is 1. The van der Waals surface area contributed by atoms with Crippen molar-refractivity contribution in [2.24, 2.45) is 0 Å². The minimum absolute atomic E-state index is 0.0919. The van der Waals surface area contributed by atoms with Gasteiger partial charge < -0.3 is 10.2 Å². The topological polar surface area (TPSA) is 45.2 Å². The van der Waals surface area contributed by atoms with Crippen molar-refractivity contribution < 1.29 is 4.79 Å². The van der Waals surface area contributed by atoms with Crippen LogP contribution in [0, 0.1) is 6.92 Å². The lowest BCUT2D eigenvalue weighted by molar-refractivity contribution is 0.0779. The third-order valence-electron chi connectivity index (χ3n) is 3.93. The Bertz CT molecular complexity index is 827. The molecule has 0 saturated heterocycles. The Morgan fingerprint density at radius 2 is 1.64 bits per heavy atom. The average molecular weight is 331 g/mol. The van der Waals surface area contributed by atoms with E-state index in [0.717, 1.165) is 16.9 Å². The molecule has 2 aromatic carbocycles. The maximum Gasteiger partial charge on any atom is 0.272 e. The quantitative estimate of drug-likeness (QED) is 0.753. The summed E-state index contributed by atoms with van der Waals surface area (Å²) in [4.78, 5) is 18.5. The van der Waals surface area contributed by atoms with Crippen LogP contribution in [-0.4, -0.2) is 22.8 Å². The fraction of sp³-hybridized carbons (Fsp3) is 0.143. The molecule has 3 aromatic rings. The maximum absolute atomic E-state index is 12.5. The number of nitrogens with zero attached hydrogens (tertiary/aromatic N) is 2. The van der Waals surface area contributed by atoms with Crippen molar-refractivity contribution in [3.05, 3.63) is 89.7 Å². The van der Waals surface area contributed by atoms with Gasteiger partial charge in [0.2, 0.25) is 0 Å². The average Bonchev–Trinajstić information content (AvgIpc) is 2.64. The number of aryl methyl sites for hydroxylation is 1. The minimum Gasteiger partial charge on any atom is -0.354 e. The Morgan fingerprint density at radius 3 is 2.28 bits per heavy atom. The molecule has 0 atom stereocenters. The molecule has 1 N–H and O–H groups in total. The highest BCUT2D eigenvalue weighted by molar-refractivity contribution is 5.92. The lowest BCUT2D eigenvalue weighted by Gasteiger charge is -2.17. The van der Waals surface area contributed by atoms with E-state index in [9.17, 15) is 4.79 Å². The number of carbonyl (C=O) groups excluding carboxylic acids is 1. The molecule has 1 heterocycles. The van der Waals surface area contributed by atoms with Crippen molar-refractivity contribution in [3.63, 3.8) is 0 Å². The number of hydrogen-bond donors (Lipinski definition) is 1. The Balaban J connectivity index is 1.64. The number of benzene rings is 2. The van der Waals surface area contributed by atoms with Gasteiger partial charge in [-0.25, -0.2) is 4.98 Å². The molecule has 0 spiro atoms. The normalized spacial score (nSPS) is 10.3. The number of anilines is 2. The molecule has 0 unspecified atom stereocenters. The van der Waals surface area contributed by atoms with E-state index in [0.29, 0.717) is 12.2 Å². The van der Waals surface area contributed by atoms with Crippen molar-refractivity contribution >= 4 is 17.3 Å². The largest absolute Gasteiger partial charge is 0.354 e. The summed E-state index contributed by atoms with van der Waals surface area (Å²) in [6.45, 7) is 2.61. The number of nitrogens with one attached hydrogen (secondary N) is 1. The summed E-state index contributed by atoms with van der Waals surface area (Å²) >= 11 is 0. The summed E-state index contributed by atoms with van der Waals surface area (Å²) in [5, 5.41) is 3.28. The fourth-order valence-corrected chi connectivity index (χ4v) is 2.52. The van der Waals surface area contributed by atoms with Gasteiger partial charge in [0.25, 0.3) is 5.91 Å². The number of aromatic nitrogens is 1. The second kappa shape index (κ2) is 7.62. The highest BCUT2D eigenvalue weighted by Crippen LogP contribution is 2.17. The first-order valence-electron chi connectivity index (χ1n) is 8.21. The highest BCUT2D eigenvalue weighted by atomic mass is 16.2. The van der Waals surface area contributed by atoms with E-state index in [1.54, 1.807) is 24.2 Å². The standard InChI is InChI=1S/C21H21N3O/c1-16-8-10-18(11-9-16)23-19-12-13-20(22-14-19)21(25)24(2)15-17-6-4-3-5-7-17/h3-14,23H,15H2,1-2H3. The van der Waals surface area contributed by atoms with E-state index in [2.05, 4.69) is 17.2 Å². The van der Waals surface area contributed by atoms with Crippen LogP contribution in [0.4, 0.5) is 11.4 Å². The van der Waals surface area contributed by atoms with E-state index < -0.39 is 0 Å². The van der Waals surface area contributed by atoms with E-state index in [-0.39, 0.29) is 5.91 Å². The van der Waals surface area contributed by atoms with Crippen LogP contribution in [0.15, 0.2) is 72.9 Å². The lowest BCUT2D eigenvalue weighted by Crippen LogP contribution is -2.26. The van der Waals surface area contributed by atoms with Crippen LogP contribution in [-0.2, 0) is 6.54 Å². The molecular formula is C21H21N3O. The van der Waals surface area contributed by atoms with Crippen LogP contribution in [0.1, 0.15) is 21.6 Å². The van der Waals surface area contributed by atoms with Crippen LogP contribution in [0.25, 0.3) is 0 Å². The molecule has 25 heavy (non-hydrogen) atoms. The molecule has 1 amide bonds. The Hall–Kier alpha value is -3.14. The first-order chi connectivity index (χ1) is 12.1. The molecule has 126 valence electrons. The maximum atomic E-state index is 12.5. The zero-order valence-corrected chi connectivity index (χ0v) is 14.4. The summed E-state index contributed by atoms with van der Waals surface area (Å²) in [6.07, 6.45) is 1.68. The van der Waals surface area contributed by atoms with Gasteiger partial charge >= 0.3 is 0 Å². The minimum atomic E-state index is -0.0919. The Labute approximate surface area is 148 Å². The van der Waals surface area contributed by atoms with E-state index >= 15 is 0 Å². The first kappa shape index (κ1) is 16.7. The van der Waals surface area contributed by atoms with Crippen LogP contribution >= 0.6 is 0 Å². The number of hydrogen-bond acceptors (Lipinski definition) is 3. The smallest absolute Gasteiger partial charge is 0.272 e. The summed E-state index contributed by atoms with van der Waals surface area (Å²) in [6, 6.07) is 21.7. The van der Waals surface area contributed by atoms with Crippen molar-refractivity contribution in [1.82, 2.24) is 9.88 Å². The van der Waals surface area contributed by atoms with Crippen molar-refractivity contribution in [3.8, 4) is 0 Å². The molecule has 1 aromatic heterocycles. The molecule has 4 nitrogen and oxygen atoms in total. The summed E-state index contributed by atoms with van der Waals surface area (Å²) in [5.41, 5.74) is 4.59. The number of carbonyl (C=O) groups is 1. The molecule has 0 aliphatic heterocycles. The summed E-state index contributed by atoms with van der Waals surface area (Å²) in [5.74, 6) is -0.0919. The SMILES string of the molecule is Cc1ccc(Nc2ccc(C(=O)N(C)Cc3ccccc3)nc2)cc1. The molecule has 0 radical (unpaired) electrons. The molecule has 4 heteroatoms. The number of amides is 1. The zero-order chi connectivity index (χ0) is 17.6. The zero-order valence-electron chi connectivity index (χ0n) is 14.4. The van der Waals surface area contributed by atoms with Crippen LogP contribution in [0.3, 0.4) is 0 Å². The molecule has 3 rings (SSSR count). The number of rotatable bonds is 5. The van der Waals surface area contributed by atoms with Gasteiger partial charge in [-0.3, -0.25) is 4.79 Å². The molecule has 0 bridgehead atoms. The predicted octanol–water partition coefficient (Wildman–Crippen LogP) is 4.41.